The molecule has 8 heteroatoms. The lowest BCUT2D eigenvalue weighted by Gasteiger charge is -2.26. The van der Waals surface area contributed by atoms with Crippen LogP contribution < -0.4 is 16.0 Å². The van der Waals surface area contributed by atoms with Crippen molar-refractivity contribution >= 4 is 40.7 Å². The number of anilines is 2. The topological polar surface area (TPSA) is 106 Å². The van der Waals surface area contributed by atoms with Gasteiger partial charge in [-0.1, -0.05) is 30.7 Å². The minimum atomic E-state index is -0.231. The average molecular weight is 512 g/mol. The second kappa shape index (κ2) is 11.1. The summed E-state index contributed by atoms with van der Waals surface area (Å²) in [6, 6.07) is 14.3. The Kier molecular flexibility index (Phi) is 7.42. The molecule has 8 nitrogen and oxygen atoms in total. The molecule has 0 unspecified atom stereocenters. The minimum Gasteiger partial charge on any atom is -0.358 e. The lowest BCUT2D eigenvalue weighted by molar-refractivity contribution is -0.110. The second-order valence-electron chi connectivity index (χ2n) is 9.91. The van der Waals surface area contributed by atoms with Crippen LogP contribution >= 0.6 is 0 Å². The number of rotatable bonds is 7. The number of amides is 3. The van der Waals surface area contributed by atoms with Gasteiger partial charge < -0.3 is 25.8 Å². The molecule has 5 rings (SSSR count). The Labute approximate surface area is 222 Å². The molecule has 4 N–H and O–H groups in total. The van der Waals surface area contributed by atoms with Gasteiger partial charge in [0.1, 0.15) is 0 Å². The van der Waals surface area contributed by atoms with E-state index in [1.54, 1.807) is 30.3 Å². The summed E-state index contributed by atoms with van der Waals surface area (Å²) in [5.74, 6) is -0.552. The van der Waals surface area contributed by atoms with Gasteiger partial charge in [-0.05, 0) is 75.7 Å². The number of nitrogens with one attached hydrogen (secondary N) is 4. The second-order valence-corrected chi connectivity index (χ2v) is 9.91. The Hall–Kier alpha value is -4.17. The Bertz CT molecular complexity index is 1400. The van der Waals surface area contributed by atoms with Crippen LogP contribution in [0.3, 0.4) is 0 Å². The summed E-state index contributed by atoms with van der Waals surface area (Å²) in [6.45, 7) is 7.43. The molecule has 2 aliphatic heterocycles. The average Bonchev–Trinajstić information content (AvgIpc) is 3.38. The third kappa shape index (κ3) is 5.40. The summed E-state index contributed by atoms with van der Waals surface area (Å²) >= 11 is 0. The zero-order valence-corrected chi connectivity index (χ0v) is 21.8. The Morgan fingerprint density at radius 2 is 1.76 bits per heavy atom. The monoisotopic (exact) mass is 511 g/mol. The number of benzene rings is 2. The van der Waals surface area contributed by atoms with Gasteiger partial charge in [-0.2, -0.15) is 0 Å². The molecule has 3 aromatic rings. The van der Waals surface area contributed by atoms with Crippen molar-refractivity contribution in [3.8, 4) is 0 Å². The van der Waals surface area contributed by atoms with E-state index in [1.807, 2.05) is 38.1 Å². The summed E-state index contributed by atoms with van der Waals surface area (Å²) < 4.78 is 0. The van der Waals surface area contributed by atoms with Crippen molar-refractivity contribution in [2.45, 2.75) is 33.1 Å². The van der Waals surface area contributed by atoms with E-state index >= 15 is 0 Å². The molecule has 2 aliphatic rings. The van der Waals surface area contributed by atoms with E-state index in [-0.39, 0.29) is 17.7 Å². The summed E-state index contributed by atoms with van der Waals surface area (Å²) in [7, 11) is 0. The molecule has 1 fully saturated rings. The number of likely N-dealkylation sites (tertiary alicyclic amines) is 1. The largest absolute Gasteiger partial charge is 0.358 e. The fourth-order valence-electron chi connectivity index (χ4n) is 5.21. The van der Waals surface area contributed by atoms with Crippen LogP contribution in [-0.4, -0.2) is 53.8 Å². The van der Waals surface area contributed by atoms with Crippen molar-refractivity contribution in [2.24, 2.45) is 0 Å². The minimum absolute atomic E-state index is 0.104. The van der Waals surface area contributed by atoms with E-state index in [4.69, 9.17) is 0 Å². The Morgan fingerprint density at radius 1 is 1.00 bits per heavy atom. The van der Waals surface area contributed by atoms with Gasteiger partial charge >= 0.3 is 0 Å². The number of aromatic amines is 1. The zero-order chi connectivity index (χ0) is 26.6. The van der Waals surface area contributed by atoms with Gasteiger partial charge in [0.25, 0.3) is 17.7 Å². The fraction of sp³-hybridized carbons (Fsp3) is 0.300. The molecule has 3 heterocycles. The number of carbonyl (C=O) groups excluding carboxylic acids is 3. The lowest BCUT2D eigenvalue weighted by Crippen LogP contribution is -2.37. The molecule has 38 heavy (non-hydrogen) atoms. The lowest BCUT2D eigenvalue weighted by atomic mass is 10.0. The highest BCUT2D eigenvalue weighted by atomic mass is 16.2. The number of carbonyl (C=O) groups is 3. The third-order valence-corrected chi connectivity index (χ3v) is 7.25. The molecule has 0 atom stereocenters. The molecule has 0 radical (unpaired) electrons. The third-order valence-electron chi connectivity index (χ3n) is 7.25. The summed E-state index contributed by atoms with van der Waals surface area (Å²) in [5, 5.41) is 8.82. The number of aromatic nitrogens is 1. The molecule has 0 bridgehead atoms. The predicted octanol–water partition coefficient (Wildman–Crippen LogP) is 4.59. The molecule has 2 aromatic carbocycles. The van der Waals surface area contributed by atoms with Crippen molar-refractivity contribution in [1.29, 1.82) is 0 Å². The molecular weight excluding hydrogens is 478 g/mol. The van der Waals surface area contributed by atoms with E-state index in [0.717, 1.165) is 42.1 Å². The van der Waals surface area contributed by atoms with E-state index in [1.165, 1.54) is 19.3 Å². The Morgan fingerprint density at radius 3 is 2.53 bits per heavy atom. The molecule has 0 spiro atoms. The van der Waals surface area contributed by atoms with Gasteiger partial charge in [0.15, 0.2) is 0 Å². The molecule has 1 aromatic heterocycles. The Balaban J connectivity index is 1.30. The molecule has 1 saturated heterocycles. The number of hydrogen-bond donors (Lipinski definition) is 4. The van der Waals surface area contributed by atoms with Crippen molar-refractivity contribution in [3.05, 3.63) is 82.2 Å². The van der Waals surface area contributed by atoms with Crippen LogP contribution in [0.1, 0.15) is 62.5 Å². The van der Waals surface area contributed by atoms with Crippen LogP contribution in [0.15, 0.2) is 48.5 Å². The van der Waals surface area contributed by atoms with Crippen LogP contribution in [0.4, 0.5) is 11.4 Å². The first kappa shape index (κ1) is 25.5. The highest BCUT2D eigenvalue weighted by Gasteiger charge is 2.26. The number of fused-ring (bicyclic) bond motifs is 1. The van der Waals surface area contributed by atoms with Crippen molar-refractivity contribution < 1.29 is 14.4 Å². The highest BCUT2D eigenvalue weighted by Crippen LogP contribution is 2.36. The van der Waals surface area contributed by atoms with E-state index in [2.05, 4.69) is 25.8 Å². The van der Waals surface area contributed by atoms with Crippen LogP contribution in [0.5, 0.6) is 0 Å². The predicted molar refractivity (Wildman–Crippen MR) is 150 cm³/mol. The number of H-pyrrole nitrogens is 1. The summed E-state index contributed by atoms with van der Waals surface area (Å²) in [4.78, 5) is 44.0. The maximum atomic E-state index is 13.0. The summed E-state index contributed by atoms with van der Waals surface area (Å²) in [5.41, 5.74) is 5.94. The number of hydrogen-bond acceptors (Lipinski definition) is 4. The van der Waals surface area contributed by atoms with E-state index in [9.17, 15) is 14.4 Å². The van der Waals surface area contributed by atoms with E-state index < -0.39 is 0 Å². The number of piperidine rings is 1. The first-order valence-electron chi connectivity index (χ1n) is 13.1. The summed E-state index contributed by atoms with van der Waals surface area (Å²) in [6.07, 6.45) is 5.53. The molecular formula is C30H33N5O3. The van der Waals surface area contributed by atoms with Gasteiger partial charge in [0, 0.05) is 41.3 Å². The van der Waals surface area contributed by atoms with Crippen LogP contribution in [0.25, 0.3) is 11.6 Å². The highest BCUT2D eigenvalue weighted by molar-refractivity contribution is 6.35. The van der Waals surface area contributed by atoms with Gasteiger partial charge in [0.05, 0.1) is 16.8 Å². The van der Waals surface area contributed by atoms with Gasteiger partial charge in [-0.15, -0.1) is 0 Å². The van der Waals surface area contributed by atoms with Crippen molar-refractivity contribution in [1.82, 2.24) is 15.2 Å². The molecule has 0 saturated carbocycles. The SMILES string of the molecule is Cc1[nH]c(C=C2C(=O)Nc3cc(NC(=O)c4ccccc4)ccc32)c(C)c1C(=O)NCCN1CCCCC1. The quantitative estimate of drug-likeness (QED) is 0.348. The number of aryl methyl sites for hydroxylation is 1. The standard InChI is InChI=1S/C30H33N5O3/c1-19-25(32-20(2)27(19)30(38)31-13-16-35-14-7-4-8-15-35)18-24-23-12-11-22(17-26(23)34-29(24)37)33-28(36)21-9-5-3-6-10-21/h3,5-6,9-12,17-18,32H,4,7-8,13-16H2,1-2H3,(H,31,38)(H,33,36)(H,34,37). The normalized spacial score (nSPS) is 16.3. The van der Waals surface area contributed by atoms with Gasteiger partial charge in [0.2, 0.25) is 0 Å². The molecule has 196 valence electrons. The first-order valence-corrected chi connectivity index (χ1v) is 13.1. The maximum absolute atomic E-state index is 13.0. The van der Waals surface area contributed by atoms with Gasteiger partial charge in [-0.3, -0.25) is 14.4 Å². The van der Waals surface area contributed by atoms with E-state index in [0.29, 0.717) is 34.6 Å². The zero-order valence-electron chi connectivity index (χ0n) is 21.8. The fourth-order valence-corrected chi connectivity index (χ4v) is 5.21. The maximum Gasteiger partial charge on any atom is 0.256 e. The number of nitrogens with zero attached hydrogens (tertiary/aromatic N) is 1. The van der Waals surface area contributed by atoms with Gasteiger partial charge in [-0.25, -0.2) is 0 Å². The van der Waals surface area contributed by atoms with Crippen molar-refractivity contribution in [2.75, 3.05) is 36.8 Å². The van der Waals surface area contributed by atoms with Crippen LogP contribution in [-0.2, 0) is 4.79 Å². The molecule has 3 amide bonds. The first-order chi connectivity index (χ1) is 18.4. The van der Waals surface area contributed by atoms with Crippen molar-refractivity contribution in [3.63, 3.8) is 0 Å². The van der Waals surface area contributed by atoms with Crippen LogP contribution in [0, 0.1) is 13.8 Å². The van der Waals surface area contributed by atoms with Crippen LogP contribution in [0.2, 0.25) is 0 Å². The molecule has 0 aliphatic carbocycles. The smallest absolute Gasteiger partial charge is 0.256 e.